The number of hydrogen-bond acceptors (Lipinski definition) is 4. The Morgan fingerprint density at radius 1 is 1.13 bits per heavy atom. The molecule has 0 spiro atoms. The van der Waals surface area contributed by atoms with Gasteiger partial charge in [0.15, 0.2) is 0 Å². The number of thiophene rings is 1. The SMILES string of the molecule is CC1C(NC(=O)c2ccc(-c3cccc(NC(=O)C(F)(F)F)c3)s2)C2CCN1CC2. The Balaban J connectivity index is 1.46. The molecule has 0 saturated carbocycles. The molecule has 0 aliphatic carbocycles. The summed E-state index contributed by atoms with van der Waals surface area (Å²) in [7, 11) is 0. The van der Waals surface area contributed by atoms with Crippen LogP contribution >= 0.6 is 11.3 Å². The van der Waals surface area contributed by atoms with Gasteiger partial charge >= 0.3 is 12.1 Å². The van der Waals surface area contributed by atoms with Crippen molar-refractivity contribution in [1.29, 1.82) is 0 Å². The molecule has 3 saturated heterocycles. The van der Waals surface area contributed by atoms with Gasteiger partial charge in [-0.1, -0.05) is 12.1 Å². The molecule has 5 nitrogen and oxygen atoms in total. The lowest BCUT2D eigenvalue weighted by Crippen LogP contribution is -2.62. The fraction of sp³-hybridized carbons (Fsp3) is 0.429. The summed E-state index contributed by atoms with van der Waals surface area (Å²) in [5.41, 5.74) is 0.686. The maximum absolute atomic E-state index is 12.8. The van der Waals surface area contributed by atoms with Crippen molar-refractivity contribution < 1.29 is 22.8 Å². The van der Waals surface area contributed by atoms with Gasteiger partial charge in [-0.05, 0) is 68.6 Å². The average molecular weight is 437 g/mol. The van der Waals surface area contributed by atoms with Crippen molar-refractivity contribution in [3.05, 3.63) is 41.3 Å². The van der Waals surface area contributed by atoms with Gasteiger partial charge in [-0.25, -0.2) is 0 Å². The number of anilines is 1. The van der Waals surface area contributed by atoms with Crippen LogP contribution in [0.15, 0.2) is 36.4 Å². The number of fused-ring (bicyclic) bond motifs is 3. The van der Waals surface area contributed by atoms with Crippen LogP contribution in [0, 0.1) is 5.92 Å². The molecule has 3 aliphatic rings. The highest BCUT2D eigenvalue weighted by atomic mass is 32.1. The first-order valence-corrected chi connectivity index (χ1v) is 10.7. The molecule has 30 heavy (non-hydrogen) atoms. The first kappa shape index (κ1) is 20.9. The Bertz CT molecular complexity index is 949. The number of piperidine rings is 3. The minimum atomic E-state index is -4.95. The fourth-order valence-corrected chi connectivity index (χ4v) is 5.24. The predicted octanol–water partition coefficient (Wildman–Crippen LogP) is 4.13. The average Bonchev–Trinajstić information content (AvgIpc) is 3.21. The number of alkyl halides is 3. The van der Waals surface area contributed by atoms with E-state index in [1.807, 2.05) is 5.32 Å². The number of hydrogen-bond donors (Lipinski definition) is 2. The standard InChI is InChI=1S/C21H22F3N3O2S/c1-12-18(13-7-9-27(12)10-8-13)26-19(28)17-6-5-16(30-17)14-3-2-4-15(11-14)25-20(29)21(22,23)24/h2-6,11-13,18H,7-10H2,1H3,(H,25,29)(H,26,28). The molecule has 1 aromatic carbocycles. The molecule has 1 aromatic heterocycles. The Kier molecular flexibility index (Phi) is 5.59. The van der Waals surface area contributed by atoms with Crippen LogP contribution in [0.5, 0.6) is 0 Å². The zero-order valence-corrected chi connectivity index (χ0v) is 17.1. The molecule has 2 unspecified atom stereocenters. The first-order valence-electron chi connectivity index (χ1n) is 9.86. The summed E-state index contributed by atoms with van der Waals surface area (Å²) in [4.78, 5) is 27.7. The lowest BCUT2D eigenvalue weighted by atomic mass is 9.79. The normalized spacial score (nSPS) is 25.7. The maximum atomic E-state index is 12.8. The molecule has 2 bridgehead atoms. The number of nitrogens with one attached hydrogen (secondary N) is 2. The van der Waals surface area contributed by atoms with E-state index >= 15 is 0 Å². The van der Waals surface area contributed by atoms with Crippen molar-refractivity contribution in [2.45, 2.75) is 38.0 Å². The van der Waals surface area contributed by atoms with Crippen LogP contribution in [-0.2, 0) is 4.79 Å². The largest absolute Gasteiger partial charge is 0.471 e. The molecule has 2 N–H and O–H groups in total. The van der Waals surface area contributed by atoms with E-state index in [1.165, 1.54) is 23.5 Å². The van der Waals surface area contributed by atoms with Crippen LogP contribution < -0.4 is 10.6 Å². The van der Waals surface area contributed by atoms with E-state index < -0.39 is 12.1 Å². The van der Waals surface area contributed by atoms with E-state index in [2.05, 4.69) is 17.1 Å². The number of nitrogens with zero attached hydrogens (tertiary/aromatic N) is 1. The second kappa shape index (κ2) is 8.03. The quantitative estimate of drug-likeness (QED) is 0.756. The van der Waals surface area contributed by atoms with Gasteiger partial charge in [0.1, 0.15) is 0 Å². The predicted molar refractivity (Wildman–Crippen MR) is 109 cm³/mol. The zero-order chi connectivity index (χ0) is 21.5. The van der Waals surface area contributed by atoms with Gasteiger partial charge in [-0.3, -0.25) is 14.5 Å². The Labute approximate surface area is 176 Å². The molecular weight excluding hydrogens is 415 g/mol. The van der Waals surface area contributed by atoms with E-state index in [0.717, 1.165) is 30.8 Å². The fourth-order valence-electron chi connectivity index (χ4n) is 4.34. The lowest BCUT2D eigenvalue weighted by Gasteiger charge is -2.49. The second-order valence-electron chi connectivity index (χ2n) is 7.81. The molecule has 3 fully saturated rings. The number of amides is 2. The van der Waals surface area contributed by atoms with E-state index in [1.54, 1.807) is 24.3 Å². The topological polar surface area (TPSA) is 61.4 Å². The molecule has 9 heteroatoms. The van der Waals surface area contributed by atoms with E-state index in [9.17, 15) is 22.8 Å². The summed E-state index contributed by atoms with van der Waals surface area (Å²) in [6.07, 6.45) is -2.75. The molecule has 3 aliphatic heterocycles. The van der Waals surface area contributed by atoms with Gasteiger partial charge in [0.25, 0.3) is 5.91 Å². The Morgan fingerprint density at radius 2 is 1.87 bits per heavy atom. The second-order valence-corrected chi connectivity index (χ2v) is 8.89. The third kappa shape index (κ3) is 4.22. The van der Waals surface area contributed by atoms with Crippen LogP contribution in [0.2, 0.25) is 0 Å². The third-order valence-corrected chi connectivity index (χ3v) is 7.10. The Morgan fingerprint density at radius 3 is 2.53 bits per heavy atom. The third-order valence-electron chi connectivity index (χ3n) is 5.97. The molecule has 2 aromatic rings. The van der Waals surface area contributed by atoms with Crippen molar-refractivity contribution in [2.75, 3.05) is 18.4 Å². The lowest BCUT2D eigenvalue weighted by molar-refractivity contribution is -0.167. The van der Waals surface area contributed by atoms with Crippen molar-refractivity contribution in [1.82, 2.24) is 10.2 Å². The molecule has 5 rings (SSSR count). The zero-order valence-electron chi connectivity index (χ0n) is 16.3. The van der Waals surface area contributed by atoms with E-state index in [0.29, 0.717) is 22.4 Å². The maximum Gasteiger partial charge on any atom is 0.471 e. The van der Waals surface area contributed by atoms with Crippen LogP contribution in [-0.4, -0.2) is 48.1 Å². The van der Waals surface area contributed by atoms with Gasteiger partial charge in [-0.15, -0.1) is 11.3 Å². The van der Waals surface area contributed by atoms with E-state index in [-0.39, 0.29) is 17.6 Å². The van der Waals surface area contributed by atoms with Crippen molar-refractivity contribution in [3.63, 3.8) is 0 Å². The molecule has 160 valence electrons. The molecule has 4 heterocycles. The van der Waals surface area contributed by atoms with Crippen molar-refractivity contribution in [2.24, 2.45) is 5.92 Å². The van der Waals surface area contributed by atoms with Gasteiger partial charge in [0, 0.05) is 22.6 Å². The van der Waals surface area contributed by atoms with Crippen LogP contribution in [0.3, 0.4) is 0 Å². The number of halogens is 3. The number of carbonyl (C=O) groups is 2. The minimum Gasteiger partial charge on any atom is -0.347 e. The summed E-state index contributed by atoms with van der Waals surface area (Å²) in [6.45, 7) is 4.32. The summed E-state index contributed by atoms with van der Waals surface area (Å²) < 4.78 is 37.4. The highest BCUT2D eigenvalue weighted by Gasteiger charge is 2.41. The highest BCUT2D eigenvalue weighted by Crippen LogP contribution is 2.34. The molecule has 0 radical (unpaired) electrons. The Hall–Kier alpha value is -2.39. The minimum absolute atomic E-state index is 0.0512. The molecule has 2 amide bonds. The first-order chi connectivity index (χ1) is 14.2. The van der Waals surface area contributed by atoms with Crippen LogP contribution in [0.25, 0.3) is 10.4 Å². The van der Waals surface area contributed by atoms with Gasteiger partial charge in [0.05, 0.1) is 4.88 Å². The molecule has 2 atom stereocenters. The van der Waals surface area contributed by atoms with Crippen molar-refractivity contribution in [3.8, 4) is 10.4 Å². The number of carbonyl (C=O) groups excluding carboxylic acids is 2. The van der Waals surface area contributed by atoms with Crippen LogP contribution in [0.4, 0.5) is 18.9 Å². The smallest absolute Gasteiger partial charge is 0.347 e. The summed E-state index contributed by atoms with van der Waals surface area (Å²) in [6, 6.07) is 10.1. The molecular formula is C21H22F3N3O2S. The highest BCUT2D eigenvalue weighted by molar-refractivity contribution is 7.17. The number of benzene rings is 1. The monoisotopic (exact) mass is 437 g/mol. The van der Waals surface area contributed by atoms with Gasteiger partial charge in [0.2, 0.25) is 0 Å². The van der Waals surface area contributed by atoms with Gasteiger partial charge < -0.3 is 10.6 Å². The van der Waals surface area contributed by atoms with Crippen molar-refractivity contribution >= 4 is 28.8 Å². The summed E-state index contributed by atoms with van der Waals surface area (Å²) >= 11 is 1.28. The van der Waals surface area contributed by atoms with Gasteiger partial charge in [-0.2, -0.15) is 13.2 Å². The van der Waals surface area contributed by atoms with E-state index in [4.69, 9.17) is 0 Å². The summed E-state index contributed by atoms with van der Waals surface area (Å²) in [5.74, 6) is -1.64. The number of rotatable bonds is 4. The summed E-state index contributed by atoms with van der Waals surface area (Å²) in [5, 5.41) is 5.04. The van der Waals surface area contributed by atoms with Crippen LogP contribution in [0.1, 0.15) is 29.4 Å².